The molecule has 1 amide bonds. The van der Waals surface area contributed by atoms with E-state index in [1.165, 1.54) is 0 Å². The molecule has 0 aromatic heterocycles. The van der Waals surface area contributed by atoms with Crippen LogP contribution in [0.4, 0.5) is 5.69 Å². The molecule has 1 heterocycles. The molecule has 3 rings (SSSR count). The fourth-order valence-electron chi connectivity index (χ4n) is 2.56. The van der Waals surface area contributed by atoms with Gasteiger partial charge in [0.25, 0.3) is 5.91 Å². The summed E-state index contributed by atoms with van der Waals surface area (Å²) in [5, 5.41) is 2.81. The normalized spacial score (nSPS) is 20.0. The van der Waals surface area contributed by atoms with E-state index in [4.69, 9.17) is 4.74 Å². The van der Waals surface area contributed by atoms with Gasteiger partial charge in [-0.3, -0.25) is 4.79 Å². The Labute approximate surface area is 129 Å². The van der Waals surface area contributed by atoms with Crippen molar-refractivity contribution in [3.8, 4) is 0 Å². The number of rotatable bonds is 2. The van der Waals surface area contributed by atoms with E-state index in [0.29, 0.717) is 17.7 Å². The number of hydrogen-bond donors (Lipinski definition) is 1. The molecule has 22 heavy (non-hydrogen) atoms. The molecular formula is C18H17NO3. The number of aryl methyl sites for hydroxylation is 1. The van der Waals surface area contributed by atoms with E-state index in [1.54, 1.807) is 19.1 Å². The number of amides is 1. The van der Waals surface area contributed by atoms with E-state index in [-0.39, 0.29) is 5.91 Å². The molecule has 2 aromatic carbocycles. The molecule has 4 nitrogen and oxygen atoms in total. The first-order valence-corrected chi connectivity index (χ1v) is 7.17. The SMILES string of the molecule is Cc1ccc(NC(=O)[C@@]2(C)Cc3ccccc3C(=O)O2)cc1. The van der Waals surface area contributed by atoms with E-state index < -0.39 is 11.6 Å². The van der Waals surface area contributed by atoms with Gasteiger partial charge in [0.1, 0.15) is 0 Å². The molecule has 1 atom stereocenters. The number of ether oxygens (including phenoxy) is 1. The van der Waals surface area contributed by atoms with Crippen molar-refractivity contribution in [3.05, 3.63) is 65.2 Å². The molecule has 0 saturated heterocycles. The molecule has 4 heteroatoms. The van der Waals surface area contributed by atoms with Crippen LogP contribution < -0.4 is 5.32 Å². The number of anilines is 1. The van der Waals surface area contributed by atoms with Crippen molar-refractivity contribution in [2.45, 2.75) is 25.9 Å². The van der Waals surface area contributed by atoms with Gasteiger partial charge in [-0.05, 0) is 37.6 Å². The predicted octanol–water partition coefficient (Wildman–Crippen LogP) is 3.11. The molecule has 0 radical (unpaired) electrons. The van der Waals surface area contributed by atoms with Crippen LogP contribution in [0.3, 0.4) is 0 Å². The number of benzene rings is 2. The lowest BCUT2D eigenvalue weighted by Gasteiger charge is -2.33. The molecule has 112 valence electrons. The van der Waals surface area contributed by atoms with Crippen LogP contribution in [0.2, 0.25) is 0 Å². The van der Waals surface area contributed by atoms with Crippen LogP contribution in [0, 0.1) is 6.92 Å². The molecule has 0 fully saturated rings. The maximum atomic E-state index is 12.5. The lowest BCUT2D eigenvalue weighted by atomic mass is 9.89. The van der Waals surface area contributed by atoms with Crippen molar-refractivity contribution in [3.63, 3.8) is 0 Å². The third-order valence-electron chi connectivity index (χ3n) is 3.87. The Hall–Kier alpha value is -2.62. The number of cyclic esters (lactones) is 1. The standard InChI is InChI=1S/C18H17NO3/c1-12-7-9-14(10-8-12)19-17(21)18(2)11-13-5-3-4-6-15(13)16(20)22-18/h3-10H,11H2,1-2H3,(H,19,21)/t18-/m1/s1. The fraction of sp³-hybridized carbons (Fsp3) is 0.222. The van der Waals surface area contributed by atoms with Crippen LogP contribution in [0.5, 0.6) is 0 Å². The van der Waals surface area contributed by atoms with Gasteiger partial charge < -0.3 is 10.1 Å². The molecular weight excluding hydrogens is 278 g/mol. The van der Waals surface area contributed by atoms with Crippen molar-refractivity contribution >= 4 is 17.6 Å². The summed E-state index contributed by atoms with van der Waals surface area (Å²) in [5.74, 6) is -0.775. The molecule has 1 aliphatic heterocycles. The smallest absolute Gasteiger partial charge is 0.339 e. The summed E-state index contributed by atoms with van der Waals surface area (Å²) in [4.78, 5) is 24.6. The Morgan fingerprint density at radius 3 is 2.55 bits per heavy atom. The molecule has 0 unspecified atom stereocenters. The van der Waals surface area contributed by atoms with Crippen LogP contribution in [-0.2, 0) is 16.0 Å². The van der Waals surface area contributed by atoms with Gasteiger partial charge >= 0.3 is 5.97 Å². The average Bonchev–Trinajstić information content (AvgIpc) is 2.49. The first-order chi connectivity index (χ1) is 10.5. The number of hydrogen-bond acceptors (Lipinski definition) is 3. The second-order valence-corrected chi connectivity index (χ2v) is 5.77. The summed E-state index contributed by atoms with van der Waals surface area (Å²) in [6.07, 6.45) is 0.368. The number of carbonyl (C=O) groups is 2. The molecule has 1 aliphatic rings. The number of carbonyl (C=O) groups excluding carboxylic acids is 2. The van der Waals surface area contributed by atoms with E-state index >= 15 is 0 Å². The van der Waals surface area contributed by atoms with Crippen molar-refractivity contribution in [1.29, 1.82) is 0 Å². The second kappa shape index (κ2) is 5.30. The van der Waals surface area contributed by atoms with Gasteiger partial charge in [-0.25, -0.2) is 4.79 Å². The van der Waals surface area contributed by atoms with Gasteiger partial charge in [0, 0.05) is 12.1 Å². The summed E-state index contributed by atoms with van der Waals surface area (Å²) >= 11 is 0. The Bertz CT molecular complexity index is 736. The number of nitrogens with one attached hydrogen (secondary N) is 1. The van der Waals surface area contributed by atoms with Gasteiger partial charge in [0.15, 0.2) is 5.60 Å². The maximum Gasteiger partial charge on any atom is 0.339 e. The van der Waals surface area contributed by atoms with E-state index in [0.717, 1.165) is 11.1 Å². The highest BCUT2D eigenvalue weighted by Crippen LogP contribution is 2.29. The average molecular weight is 295 g/mol. The van der Waals surface area contributed by atoms with Crippen molar-refractivity contribution in [2.24, 2.45) is 0 Å². The van der Waals surface area contributed by atoms with Gasteiger partial charge in [0.2, 0.25) is 0 Å². The summed E-state index contributed by atoms with van der Waals surface area (Å²) in [7, 11) is 0. The van der Waals surface area contributed by atoms with E-state index in [2.05, 4.69) is 5.32 Å². The Morgan fingerprint density at radius 1 is 1.14 bits per heavy atom. The van der Waals surface area contributed by atoms with Gasteiger partial charge in [-0.15, -0.1) is 0 Å². The first-order valence-electron chi connectivity index (χ1n) is 7.17. The molecule has 1 N–H and O–H groups in total. The largest absolute Gasteiger partial charge is 0.445 e. The summed E-state index contributed by atoms with van der Waals surface area (Å²) in [6.45, 7) is 3.62. The van der Waals surface area contributed by atoms with Gasteiger partial charge in [-0.2, -0.15) is 0 Å². The van der Waals surface area contributed by atoms with Crippen LogP contribution in [0.15, 0.2) is 48.5 Å². The minimum atomic E-state index is -1.20. The zero-order valence-corrected chi connectivity index (χ0v) is 12.6. The van der Waals surface area contributed by atoms with Crippen molar-refractivity contribution < 1.29 is 14.3 Å². The van der Waals surface area contributed by atoms with Crippen LogP contribution in [0.1, 0.15) is 28.4 Å². The molecule has 0 spiro atoms. The fourth-order valence-corrected chi connectivity index (χ4v) is 2.56. The number of esters is 1. The second-order valence-electron chi connectivity index (χ2n) is 5.77. The first kappa shape index (κ1) is 14.3. The van der Waals surface area contributed by atoms with Crippen LogP contribution in [0.25, 0.3) is 0 Å². The summed E-state index contributed by atoms with van der Waals surface area (Å²) in [5.41, 5.74) is 1.97. The Balaban J connectivity index is 1.83. The third kappa shape index (κ3) is 2.60. The van der Waals surface area contributed by atoms with Crippen molar-refractivity contribution in [1.82, 2.24) is 0 Å². The minimum absolute atomic E-state index is 0.320. The van der Waals surface area contributed by atoms with Gasteiger partial charge in [0.05, 0.1) is 5.56 Å². The minimum Gasteiger partial charge on any atom is -0.445 e. The monoisotopic (exact) mass is 295 g/mol. The Morgan fingerprint density at radius 2 is 1.82 bits per heavy atom. The maximum absolute atomic E-state index is 12.5. The third-order valence-corrected chi connectivity index (χ3v) is 3.87. The van der Waals surface area contributed by atoms with Crippen molar-refractivity contribution in [2.75, 3.05) is 5.32 Å². The van der Waals surface area contributed by atoms with E-state index in [1.807, 2.05) is 43.3 Å². The molecule has 2 aromatic rings. The summed E-state index contributed by atoms with van der Waals surface area (Å²) in [6, 6.07) is 14.7. The quantitative estimate of drug-likeness (QED) is 0.866. The molecule has 0 bridgehead atoms. The molecule has 0 saturated carbocycles. The highest BCUT2D eigenvalue weighted by molar-refractivity contribution is 6.02. The highest BCUT2D eigenvalue weighted by Gasteiger charge is 2.42. The highest BCUT2D eigenvalue weighted by atomic mass is 16.6. The number of fused-ring (bicyclic) bond motifs is 1. The predicted molar refractivity (Wildman–Crippen MR) is 83.8 cm³/mol. The Kier molecular flexibility index (Phi) is 3.45. The lowest BCUT2D eigenvalue weighted by Crippen LogP contribution is -2.48. The van der Waals surface area contributed by atoms with Gasteiger partial charge in [-0.1, -0.05) is 35.9 Å². The topological polar surface area (TPSA) is 55.4 Å². The van der Waals surface area contributed by atoms with Crippen LogP contribution >= 0.6 is 0 Å². The van der Waals surface area contributed by atoms with E-state index in [9.17, 15) is 9.59 Å². The lowest BCUT2D eigenvalue weighted by molar-refractivity contribution is -0.134. The summed E-state index contributed by atoms with van der Waals surface area (Å²) < 4.78 is 5.41. The molecule has 0 aliphatic carbocycles. The van der Waals surface area contributed by atoms with Crippen LogP contribution in [-0.4, -0.2) is 17.5 Å². The zero-order valence-electron chi connectivity index (χ0n) is 12.6. The zero-order chi connectivity index (χ0) is 15.7.